The van der Waals surface area contributed by atoms with Crippen LogP contribution in [-0.2, 0) is 17.9 Å². The number of amides is 1. The summed E-state index contributed by atoms with van der Waals surface area (Å²) in [6, 6.07) is 20.3. The van der Waals surface area contributed by atoms with E-state index in [0.717, 1.165) is 22.4 Å². The monoisotopic (exact) mass is 388 g/mol. The number of nitrogens with zero attached hydrogens (tertiary/aromatic N) is 1. The molecule has 3 aromatic rings. The van der Waals surface area contributed by atoms with Gasteiger partial charge in [-0.05, 0) is 41.7 Å². The Hall–Kier alpha value is -3.27. The van der Waals surface area contributed by atoms with Gasteiger partial charge in [-0.25, -0.2) is 4.39 Å². The van der Waals surface area contributed by atoms with Gasteiger partial charge in [0.15, 0.2) is 0 Å². The molecule has 4 heteroatoms. The Labute approximate surface area is 171 Å². The lowest BCUT2D eigenvalue weighted by Crippen LogP contribution is -2.33. The standard InChI is InChI=1S/C25H25FN2O/c1-3-8-21-11-7-16-27-23(21)24(22-14-12-19(17-26)13-15-22)28-25(29)18(2)20-9-5-4-6-10-20/h3-7,9-16,18,24H,1,8,17H2,2H3,(H,28,29)/t18-,24-/m0/s1. The Bertz CT molecular complexity index is 954. The summed E-state index contributed by atoms with van der Waals surface area (Å²) >= 11 is 0. The van der Waals surface area contributed by atoms with E-state index in [0.29, 0.717) is 12.0 Å². The van der Waals surface area contributed by atoms with Crippen molar-refractivity contribution in [2.75, 3.05) is 0 Å². The van der Waals surface area contributed by atoms with Crippen molar-refractivity contribution in [1.29, 1.82) is 0 Å². The SMILES string of the molecule is C=CCc1cccnc1[C@@H](NC(=O)[C@@H](C)c1ccccc1)c1ccc(CF)cc1. The Kier molecular flexibility index (Phi) is 6.90. The van der Waals surface area contributed by atoms with Crippen LogP contribution in [0.25, 0.3) is 0 Å². The molecular formula is C25H25FN2O. The number of carbonyl (C=O) groups excluding carboxylic acids is 1. The van der Waals surface area contributed by atoms with Crippen LogP contribution in [0.4, 0.5) is 4.39 Å². The van der Waals surface area contributed by atoms with Gasteiger partial charge < -0.3 is 5.32 Å². The predicted molar refractivity (Wildman–Crippen MR) is 114 cm³/mol. The van der Waals surface area contributed by atoms with Gasteiger partial charge in [-0.1, -0.05) is 66.7 Å². The minimum absolute atomic E-state index is 0.0917. The average molecular weight is 388 g/mol. The lowest BCUT2D eigenvalue weighted by Gasteiger charge is -2.23. The smallest absolute Gasteiger partial charge is 0.228 e. The number of aromatic nitrogens is 1. The van der Waals surface area contributed by atoms with Crippen LogP contribution >= 0.6 is 0 Å². The fourth-order valence-corrected chi connectivity index (χ4v) is 3.31. The molecule has 0 aliphatic rings. The minimum atomic E-state index is -0.520. The van der Waals surface area contributed by atoms with Crippen molar-refractivity contribution in [3.8, 4) is 0 Å². The highest BCUT2D eigenvalue weighted by atomic mass is 19.1. The van der Waals surface area contributed by atoms with Crippen LogP contribution in [0, 0.1) is 0 Å². The lowest BCUT2D eigenvalue weighted by atomic mass is 9.95. The third-order valence-electron chi connectivity index (χ3n) is 5.01. The second kappa shape index (κ2) is 9.78. The van der Waals surface area contributed by atoms with Gasteiger partial charge in [0.25, 0.3) is 0 Å². The first-order valence-electron chi connectivity index (χ1n) is 9.68. The quantitative estimate of drug-likeness (QED) is 0.533. The molecule has 0 spiro atoms. The van der Waals surface area contributed by atoms with Gasteiger partial charge in [0.2, 0.25) is 5.91 Å². The van der Waals surface area contributed by atoms with E-state index in [2.05, 4.69) is 16.9 Å². The molecule has 0 aliphatic carbocycles. The summed E-state index contributed by atoms with van der Waals surface area (Å²) in [6.07, 6.45) is 4.18. The number of pyridine rings is 1. The van der Waals surface area contributed by atoms with Crippen molar-refractivity contribution in [3.63, 3.8) is 0 Å². The zero-order valence-corrected chi connectivity index (χ0v) is 16.5. The summed E-state index contributed by atoms with van der Waals surface area (Å²) < 4.78 is 13.0. The van der Waals surface area contributed by atoms with Crippen molar-refractivity contribution in [3.05, 3.63) is 114 Å². The molecule has 0 saturated carbocycles. The van der Waals surface area contributed by atoms with Gasteiger partial charge in [-0.3, -0.25) is 9.78 Å². The Morgan fingerprint density at radius 3 is 2.45 bits per heavy atom. The molecule has 29 heavy (non-hydrogen) atoms. The lowest BCUT2D eigenvalue weighted by molar-refractivity contribution is -0.122. The summed E-state index contributed by atoms with van der Waals surface area (Å²) in [5.41, 5.74) is 4.18. The molecule has 2 atom stereocenters. The summed E-state index contributed by atoms with van der Waals surface area (Å²) in [5, 5.41) is 3.15. The molecule has 1 aromatic heterocycles. The van der Waals surface area contributed by atoms with E-state index >= 15 is 0 Å². The number of alkyl halides is 1. The van der Waals surface area contributed by atoms with Gasteiger partial charge >= 0.3 is 0 Å². The summed E-state index contributed by atoms with van der Waals surface area (Å²) in [5.74, 6) is -0.402. The predicted octanol–water partition coefficient (Wildman–Crippen LogP) is 5.29. The number of nitrogens with one attached hydrogen (secondary N) is 1. The Morgan fingerprint density at radius 1 is 1.07 bits per heavy atom. The summed E-state index contributed by atoms with van der Waals surface area (Å²) in [7, 11) is 0. The number of allylic oxidation sites excluding steroid dienone is 1. The third kappa shape index (κ3) is 4.96. The first-order valence-corrected chi connectivity index (χ1v) is 9.68. The highest BCUT2D eigenvalue weighted by Gasteiger charge is 2.24. The summed E-state index contributed by atoms with van der Waals surface area (Å²) in [6.45, 7) is 5.19. The van der Waals surface area contributed by atoms with E-state index in [-0.39, 0.29) is 11.8 Å². The normalized spacial score (nSPS) is 12.8. The van der Waals surface area contributed by atoms with Crippen LogP contribution in [0.15, 0.2) is 85.6 Å². The molecule has 0 radical (unpaired) electrons. The second-order valence-corrected chi connectivity index (χ2v) is 6.99. The number of carbonyl (C=O) groups is 1. The fraction of sp³-hybridized carbons (Fsp3) is 0.200. The average Bonchev–Trinajstić information content (AvgIpc) is 2.78. The zero-order valence-electron chi connectivity index (χ0n) is 16.5. The van der Waals surface area contributed by atoms with Crippen LogP contribution in [0.2, 0.25) is 0 Å². The van der Waals surface area contributed by atoms with Crippen molar-refractivity contribution in [2.24, 2.45) is 0 Å². The topological polar surface area (TPSA) is 42.0 Å². The highest BCUT2D eigenvalue weighted by molar-refractivity contribution is 5.84. The van der Waals surface area contributed by atoms with Crippen molar-refractivity contribution >= 4 is 5.91 Å². The van der Waals surface area contributed by atoms with Crippen molar-refractivity contribution in [1.82, 2.24) is 10.3 Å². The number of halogens is 1. The molecule has 1 amide bonds. The number of hydrogen-bond donors (Lipinski definition) is 1. The molecule has 0 unspecified atom stereocenters. The van der Waals surface area contributed by atoms with E-state index in [1.807, 2.05) is 67.6 Å². The maximum absolute atomic E-state index is 13.1. The zero-order chi connectivity index (χ0) is 20.6. The molecule has 0 aliphatic heterocycles. The van der Waals surface area contributed by atoms with Crippen LogP contribution < -0.4 is 5.32 Å². The van der Waals surface area contributed by atoms with E-state index in [1.54, 1.807) is 18.3 Å². The third-order valence-corrected chi connectivity index (χ3v) is 5.01. The molecule has 3 rings (SSSR count). The number of rotatable bonds is 8. The largest absolute Gasteiger partial charge is 0.343 e. The van der Waals surface area contributed by atoms with E-state index in [1.165, 1.54) is 0 Å². The molecule has 0 fully saturated rings. The van der Waals surface area contributed by atoms with Crippen molar-refractivity contribution < 1.29 is 9.18 Å². The fourth-order valence-electron chi connectivity index (χ4n) is 3.31. The number of benzene rings is 2. The molecule has 1 N–H and O–H groups in total. The van der Waals surface area contributed by atoms with E-state index in [9.17, 15) is 9.18 Å². The van der Waals surface area contributed by atoms with Crippen LogP contribution in [0.1, 0.15) is 46.8 Å². The van der Waals surface area contributed by atoms with Crippen LogP contribution in [0.5, 0.6) is 0 Å². The van der Waals surface area contributed by atoms with Gasteiger partial charge in [-0.2, -0.15) is 0 Å². The first-order chi connectivity index (χ1) is 14.1. The van der Waals surface area contributed by atoms with Crippen molar-refractivity contribution in [2.45, 2.75) is 32.0 Å². The van der Waals surface area contributed by atoms with Gasteiger partial charge in [0.1, 0.15) is 6.67 Å². The molecule has 2 aromatic carbocycles. The Morgan fingerprint density at radius 2 is 1.79 bits per heavy atom. The molecule has 0 saturated heterocycles. The maximum atomic E-state index is 13.1. The van der Waals surface area contributed by atoms with Gasteiger partial charge in [0, 0.05) is 6.20 Å². The molecular weight excluding hydrogens is 363 g/mol. The molecule has 3 nitrogen and oxygen atoms in total. The Balaban J connectivity index is 1.96. The van der Waals surface area contributed by atoms with E-state index < -0.39 is 12.7 Å². The molecule has 1 heterocycles. The van der Waals surface area contributed by atoms with Gasteiger partial charge in [-0.15, -0.1) is 6.58 Å². The van der Waals surface area contributed by atoms with E-state index in [4.69, 9.17) is 0 Å². The molecule has 148 valence electrons. The number of hydrogen-bond acceptors (Lipinski definition) is 2. The van der Waals surface area contributed by atoms with Crippen LogP contribution in [0.3, 0.4) is 0 Å². The van der Waals surface area contributed by atoms with Crippen LogP contribution in [-0.4, -0.2) is 10.9 Å². The second-order valence-electron chi connectivity index (χ2n) is 6.99. The first kappa shape index (κ1) is 20.5. The minimum Gasteiger partial charge on any atom is -0.343 e. The highest BCUT2D eigenvalue weighted by Crippen LogP contribution is 2.26. The summed E-state index contributed by atoms with van der Waals surface area (Å²) in [4.78, 5) is 17.6. The van der Waals surface area contributed by atoms with Gasteiger partial charge in [0.05, 0.1) is 17.7 Å². The molecule has 0 bridgehead atoms. The maximum Gasteiger partial charge on any atom is 0.228 e.